The zero-order valence-corrected chi connectivity index (χ0v) is 26.3. The predicted molar refractivity (Wildman–Crippen MR) is 175 cm³/mol. The molecule has 234 valence electrons. The number of hydrogen-bond acceptors (Lipinski definition) is 8. The van der Waals surface area contributed by atoms with Crippen molar-refractivity contribution >= 4 is 65.2 Å². The number of nitrogens with two attached hydrogens (primary N) is 1. The summed E-state index contributed by atoms with van der Waals surface area (Å²) in [7, 11) is 0. The van der Waals surface area contributed by atoms with Gasteiger partial charge in [0.15, 0.2) is 22.8 Å². The van der Waals surface area contributed by atoms with E-state index < -0.39 is 0 Å². The number of nitrogens with zero attached hydrogens (tertiary/aromatic N) is 5. The van der Waals surface area contributed by atoms with E-state index in [1.165, 1.54) is 19.8 Å². The summed E-state index contributed by atoms with van der Waals surface area (Å²) in [5.74, 6) is 1.41. The molecule has 2 aliphatic carbocycles. The van der Waals surface area contributed by atoms with E-state index >= 15 is 0 Å². The number of nitrogens with one attached hydrogen (secondary N) is 3. The fourth-order valence-electron chi connectivity index (χ4n) is 6.39. The molecule has 43 heavy (non-hydrogen) atoms. The number of amides is 2. The number of carbonyl (C=O) groups excluding carboxylic acids is 2. The maximum absolute atomic E-state index is 12.9. The zero-order chi connectivity index (χ0) is 28.3. The molecule has 0 unspecified atom stereocenters. The molecule has 1 aromatic carbocycles. The molecule has 1 aliphatic heterocycles. The molecule has 3 aromatic rings. The number of hydrogen-bond donors (Lipinski definition) is 4. The van der Waals surface area contributed by atoms with Crippen molar-refractivity contribution < 1.29 is 9.59 Å². The zero-order valence-electron chi connectivity index (χ0n) is 24.6. The van der Waals surface area contributed by atoms with Crippen LogP contribution in [0.2, 0.25) is 0 Å². The van der Waals surface area contributed by atoms with Gasteiger partial charge in [0.05, 0.1) is 6.33 Å². The third kappa shape index (κ3) is 7.69. The topological polar surface area (TPSA) is 143 Å². The summed E-state index contributed by atoms with van der Waals surface area (Å²) in [6.45, 7) is 2.80. The average molecular weight is 633 g/mol. The lowest BCUT2D eigenvalue weighted by molar-refractivity contribution is 0.101. The minimum Gasteiger partial charge on any atom is -0.365 e. The van der Waals surface area contributed by atoms with Gasteiger partial charge >= 0.3 is 6.03 Å². The van der Waals surface area contributed by atoms with Gasteiger partial charge in [0.25, 0.3) is 0 Å². The Balaban J connectivity index is 0.00000212. The van der Waals surface area contributed by atoms with Gasteiger partial charge < -0.3 is 31.2 Å². The minimum atomic E-state index is -0.127. The normalized spacial score (nSPS) is 21.1. The summed E-state index contributed by atoms with van der Waals surface area (Å²) in [5.41, 5.74) is 9.13. The molecule has 13 heteroatoms. The number of benzene rings is 1. The number of halogens is 2. The van der Waals surface area contributed by atoms with Crippen LogP contribution in [0.1, 0.15) is 87.5 Å². The molecule has 2 saturated carbocycles. The van der Waals surface area contributed by atoms with E-state index in [1.54, 1.807) is 24.3 Å². The minimum absolute atomic E-state index is 0. The number of ketones is 1. The van der Waals surface area contributed by atoms with Crippen LogP contribution in [0.3, 0.4) is 0 Å². The molecular weight excluding hydrogens is 589 g/mol. The average Bonchev–Trinajstić information content (AvgIpc) is 3.65. The summed E-state index contributed by atoms with van der Waals surface area (Å²) < 4.78 is 2.24. The second kappa shape index (κ2) is 14.5. The van der Waals surface area contributed by atoms with Crippen molar-refractivity contribution in [1.82, 2.24) is 24.4 Å². The molecule has 0 atom stereocenters. The Morgan fingerprint density at radius 1 is 0.860 bits per heavy atom. The van der Waals surface area contributed by atoms with Crippen LogP contribution in [-0.4, -0.2) is 67.4 Å². The fraction of sp³-hybridized carbons (Fsp3) is 0.567. The van der Waals surface area contributed by atoms with Crippen molar-refractivity contribution in [2.45, 2.75) is 95.3 Å². The van der Waals surface area contributed by atoms with Crippen LogP contribution in [0.25, 0.3) is 11.2 Å². The van der Waals surface area contributed by atoms with Gasteiger partial charge in [0.1, 0.15) is 0 Å². The Morgan fingerprint density at radius 3 is 2.16 bits per heavy atom. The number of piperidine rings is 1. The van der Waals surface area contributed by atoms with Crippen LogP contribution < -0.4 is 21.7 Å². The van der Waals surface area contributed by atoms with Crippen molar-refractivity contribution in [2.24, 2.45) is 5.73 Å². The van der Waals surface area contributed by atoms with Crippen LogP contribution in [0.15, 0.2) is 30.6 Å². The molecule has 3 heterocycles. The number of anilines is 3. The summed E-state index contributed by atoms with van der Waals surface area (Å²) in [6.07, 6.45) is 12.4. The highest BCUT2D eigenvalue weighted by Gasteiger charge is 2.27. The van der Waals surface area contributed by atoms with Crippen molar-refractivity contribution in [3.05, 3.63) is 36.2 Å². The number of carbonyl (C=O) groups is 2. The number of imidazole rings is 1. The van der Waals surface area contributed by atoms with E-state index in [2.05, 4.69) is 20.5 Å². The molecule has 0 spiro atoms. The lowest BCUT2D eigenvalue weighted by atomic mass is 9.92. The first-order valence-electron chi connectivity index (χ1n) is 15.1. The molecular formula is C30H43Cl2N9O2. The van der Waals surface area contributed by atoms with E-state index in [0.29, 0.717) is 42.4 Å². The first kappa shape index (κ1) is 32.8. The highest BCUT2D eigenvalue weighted by molar-refractivity contribution is 5.95. The van der Waals surface area contributed by atoms with Gasteiger partial charge in [-0.05, 0) is 82.6 Å². The van der Waals surface area contributed by atoms with Crippen LogP contribution in [0.4, 0.5) is 22.2 Å². The molecule has 6 rings (SSSR count). The van der Waals surface area contributed by atoms with Crippen molar-refractivity contribution in [3.63, 3.8) is 0 Å². The van der Waals surface area contributed by atoms with Gasteiger partial charge in [-0.25, -0.2) is 9.78 Å². The van der Waals surface area contributed by atoms with Crippen molar-refractivity contribution in [3.8, 4) is 0 Å². The van der Waals surface area contributed by atoms with Gasteiger partial charge in [-0.2, -0.15) is 9.97 Å². The van der Waals surface area contributed by atoms with E-state index in [0.717, 1.165) is 68.3 Å². The monoisotopic (exact) mass is 631 g/mol. The highest BCUT2D eigenvalue weighted by atomic mass is 35.5. The molecule has 2 amide bonds. The maximum atomic E-state index is 12.9. The van der Waals surface area contributed by atoms with Crippen molar-refractivity contribution in [1.29, 1.82) is 0 Å². The number of urea groups is 1. The van der Waals surface area contributed by atoms with Gasteiger partial charge in [0.2, 0.25) is 5.95 Å². The smallest absolute Gasteiger partial charge is 0.321 e. The third-order valence-electron chi connectivity index (χ3n) is 8.91. The molecule has 0 radical (unpaired) electrons. The summed E-state index contributed by atoms with van der Waals surface area (Å²) in [6, 6.07) is 8.09. The lowest BCUT2D eigenvalue weighted by Crippen LogP contribution is -2.44. The summed E-state index contributed by atoms with van der Waals surface area (Å²) in [5, 5.41) is 10.2. The Bertz CT molecular complexity index is 1380. The Kier molecular flexibility index (Phi) is 11.1. The number of Topliss-reactive ketones (excluding diaryl/α,β-unsaturated/α-hetero) is 1. The molecule has 5 N–H and O–H groups in total. The molecule has 1 saturated heterocycles. The SMILES string of the molecule is CC(=O)c1ccc(NC(=O)N2CCC(Nc3nc(NC4CCC(N)CC4)nc4c3ncn4C3CCCC3)CC2)cc1.Cl.Cl. The largest absolute Gasteiger partial charge is 0.365 e. The van der Waals surface area contributed by atoms with E-state index in [1.807, 2.05) is 11.2 Å². The maximum Gasteiger partial charge on any atom is 0.321 e. The van der Waals surface area contributed by atoms with E-state index in [9.17, 15) is 9.59 Å². The third-order valence-corrected chi connectivity index (χ3v) is 8.91. The summed E-state index contributed by atoms with van der Waals surface area (Å²) in [4.78, 5) is 40.9. The van der Waals surface area contributed by atoms with Gasteiger partial charge in [0, 0.05) is 48.5 Å². The van der Waals surface area contributed by atoms with E-state index in [4.69, 9.17) is 20.7 Å². The summed E-state index contributed by atoms with van der Waals surface area (Å²) >= 11 is 0. The van der Waals surface area contributed by atoms with Gasteiger partial charge in [-0.3, -0.25) is 4.79 Å². The Morgan fingerprint density at radius 2 is 1.51 bits per heavy atom. The number of rotatable bonds is 7. The van der Waals surface area contributed by atoms with Gasteiger partial charge in [-0.15, -0.1) is 24.8 Å². The first-order chi connectivity index (χ1) is 19.9. The van der Waals surface area contributed by atoms with Crippen LogP contribution in [0, 0.1) is 0 Å². The predicted octanol–water partition coefficient (Wildman–Crippen LogP) is 5.78. The molecule has 2 aromatic heterocycles. The number of aromatic nitrogens is 4. The highest BCUT2D eigenvalue weighted by Crippen LogP contribution is 2.34. The Labute approximate surface area is 265 Å². The molecule has 11 nitrogen and oxygen atoms in total. The van der Waals surface area contributed by atoms with Gasteiger partial charge in [-0.1, -0.05) is 12.8 Å². The van der Waals surface area contributed by atoms with Crippen LogP contribution in [-0.2, 0) is 0 Å². The first-order valence-corrected chi connectivity index (χ1v) is 15.1. The van der Waals surface area contributed by atoms with Crippen LogP contribution >= 0.6 is 24.8 Å². The van der Waals surface area contributed by atoms with E-state index in [-0.39, 0.29) is 48.7 Å². The second-order valence-corrected chi connectivity index (χ2v) is 11.9. The molecule has 3 aliphatic rings. The lowest BCUT2D eigenvalue weighted by Gasteiger charge is -2.32. The second-order valence-electron chi connectivity index (χ2n) is 11.9. The number of fused-ring (bicyclic) bond motifs is 1. The molecule has 3 fully saturated rings. The Hall–Kier alpha value is -3.15. The van der Waals surface area contributed by atoms with Crippen molar-refractivity contribution in [2.75, 3.05) is 29.0 Å². The molecule has 0 bridgehead atoms. The standard InChI is InChI=1S/C30H41N9O2.2ClH/c1-19(40)20-6-10-23(11-7-20)35-30(41)38-16-14-24(15-17-38)33-27-26-28(39(18-32-26)25-4-2-3-5-25)37-29(36-27)34-22-12-8-21(31)9-13-22;;/h6-7,10-11,18,21-22,24-25H,2-5,8-9,12-17,31H2,1H3,(H,35,41)(H2,33,34,36,37);2*1H. The van der Waals surface area contributed by atoms with Crippen LogP contribution in [0.5, 0.6) is 0 Å². The fourth-order valence-corrected chi connectivity index (χ4v) is 6.39. The number of likely N-dealkylation sites (tertiary alicyclic amines) is 1. The quantitative estimate of drug-likeness (QED) is 0.240.